The average molecular weight is 797 g/mol. The highest BCUT2D eigenvalue weighted by atomic mass is 127. The zero-order valence-electron chi connectivity index (χ0n) is 30.6. The van der Waals surface area contributed by atoms with Gasteiger partial charge in [0.1, 0.15) is 0 Å². The molecule has 0 saturated heterocycles. The Hall–Kier alpha value is -1.14. The number of hydrazone groups is 1. The van der Waals surface area contributed by atoms with Crippen LogP contribution >= 0.6 is 22.6 Å². The first-order valence-corrected chi connectivity index (χ1v) is 20.7. The van der Waals surface area contributed by atoms with Crippen LogP contribution in [-0.2, 0) is 13.0 Å². The van der Waals surface area contributed by atoms with Crippen LogP contribution in [-0.4, -0.2) is 75.6 Å². The van der Waals surface area contributed by atoms with Gasteiger partial charge in [0.25, 0.3) is 0 Å². The molecular weight excluding hydrogens is 736 g/mol. The van der Waals surface area contributed by atoms with Crippen LogP contribution in [0.4, 0.5) is 13.2 Å². The fourth-order valence-electron chi connectivity index (χ4n) is 12.9. The van der Waals surface area contributed by atoms with Gasteiger partial charge in [-0.25, -0.2) is 0 Å². The van der Waals surface area contributed by atoms with E-state index in [1.54, 1.807) is 0 Å². The largest absolute Gasteiger partial charge is 0.435 e. The lowest BCUT2D eigenvalue weighted by Gasteiger charge is -2.58. The van der Waals surface area contributed by atoms with E-state index in [2.05, 4.69) is 80.8 Å². The highest BCUT2D eigenvalue weighted by Crippen LogP contribution is 2.70. The van der Waals surface area contributed by atoms with Crippen molar-refractivity contribution in [2.45, 2.75) is 103 Å². The summed E-state index contributed by atoms with van der Waals surface area (Å²) in [5.41, 5.74) is 5.93. The van der Waals surface area contributed by atoms with E-state index in [1.807, 2.05) is 13.1 Å². The summed E-state index contributed by atoms with van der Waals surface area (Å²) < 4.78 is 42.4. The first kappa shape index (κ1) is 36.2. The summed E-state index contributed by atoms with van der Waals surface area (Å²) in [7, 11) is 1.45. The smallest absolute Gasteiger partial charge is 0.313 e. The van der Waals surface area contributed by atoms with Crippen molar-refractivity contribution in [1.82, 2.24) is 25.4 Å². The summed E-state index contributed by atoms with van der Waals surface area (Å²) in [5, 5.41) is 11.3. The molecule has 12 atom stereocenters. The van der Waals surface area contributed by atoms with Crippen LogP contribution < -0.4 is 5.43 Å². The fraction of sp³-hybridized carbons (Fsp3) is 0.846. The standard InChI is InChI=1S/C39H60F3IN6/c1-22-10-11-28(16-22)38(5)24(3)33-31(21-49-15-13-32-27(20-49)17-45-46-32)36(43)34(25(38)4)35(33)30-9-7-8-26(30)19-48-14-12-29(23(2)18-48)37(47-44-6)39(40,41)42/h17,22,24-26,28,30-31,33-36,44H,7-16,18-21H2,1-6H3,(H,45,46)/b47-37+/t22?,24?,25?,26?,28?,30?,31?,33?,34?,35?,36?,38-/m1/s1. The molecule has 0 aromatic carbocycles. The van der Waals surface area contributed by atoms with Crippen LogP contribution in [0.5, 0.6) is 0 Å². The van der Waals surface area contributed by atoms with Crippen LogP contribution in [0.25, 0.3) is 0 Å². The molecule has 2 aliphatic heterocycles. The van der Waals surface area contributed by atoms with Gasteiger partial charge in [0.15, 0.2) is 5.71 Å². The number of aromatic nitrogens is 2. The molecule has 10 heteroatoms. The monoisotopic (exact) mass is 796 g/mol. The van der Waals surface area contributed by atoms with Crippen molar-refractivity contribution in [2.24, 2.45) is 69.7 Å². The maximum Gasteiger partial charge on any atom is 0.435 e. The third-order valence-electron chi connectivity index (χ3n) is 15.3. The van der Waals surface area contributed by atoms with Crippen molar-refractivity contribution in [3.05, 3.63) is 28.6 Å². The molecule has 7 rings (SSSR count). The van der Waals surface area contributed by atoms with Gasteiger partial charge < -0.3 is 5.43 Å². The van der Waals surface area contributed by atoms with E-state index in [4.69, 9.17) is 0 Å². The van der Waals surface area contributed by atoms with E-state index >= 15 is 0 Å². The lowest BCUT2D eigenvalue weighted by atomic mass is 9.47. The predicted molar refractivity (Wildman–Crippen MR) is 199 cm³/mol. The summed E-state index contributed by atoms with van der Waals surface area (Å²) in [6.07, 6.45) is 7.12. The number of alkyl halides is 4. The summed E-state index contributed by atoms with van der Waals surface area (Å²) in [6, 6.07) is 0. The number of halogens is 4. The first-order valence-electron chi connectivity index (χ1n) is 19.4. The van der Waals surface area contributed by atoms with Gasteiger partial charge in [-0.2, -0.15) is 23.4 Å². The summed E-state index contributed by atoms with van der Waals surface area (Å²) in [4.78, 5) is 5.23. The molecule has 0 spiro atoms. The van der Waals surface area contributed by atoms with Crippen molar-refractivity contribution in [3.8, 4) is 0 Å². The summed E-state index contributed by atoms with van der Waals surface area (Å²) in [6.45, 7) is 18.0. The molecule has 0 radical (unpaired) electrons. The Labute approximate surface area is 306 Å². The topological polar surface area (TPSA) is 59.6 Å². The number of nitrogens with one attached hydrogen (secondary N) is 2. The second-order valence-electron chi connectivity index (χ2n) is 17.5. The van der Waals surface area contributed by atoms with Crippen LogP contribution in [0.1, 0.15) is 90.8 Å². The number of hydrogen-bond acceptors (Lipinski definition) is 5. The Balaban J connectivity index is 1.15. The Morgan fingerprint density at radius 1 is 1.02 bits per heavy atom. The highest BCUT2D eigenvalue weighted by Gasteiger charge is 2.66. The molecule has 2 bridgehead atoms. The van der Waals surface area contributed by atoms with E-state index < -0.39 is 11.9 Å². The number of rotatable bonds is 8. The molecular formula is C39H60F3IN6. The molecule has 4 saturated carbocycles. The van der Waals surface area contributed by atoms with E-state index in [-0.39, 0.29) is 0 Å². The van der Waals surface area contributed by atoms with Crippen LogP contribution in [0.3, 0.4) is 0 Å². The molecule has 49 heavy (non-hydrogen) atoms. The van der Waals surface area contributed by atoms with Crippen molar-refractivity contribution in [3.63, 3.8) is 0 Å². The van der Waals surface area contributed by atoms with Gasteiger partial charge in [-0.3, -0.25) is 14.9 Å². The highest BCUT2D eigenvalue weighted by molar-refractivity contribution is 14.1. The normalized spacial score (nSPS) is 42.2. The number of fused-ring (bicyclic) bond motifs is 3. The summed E-state index contributed by atoms with van der Waals surface area (Å²) in [5.74, 6) is 7.28. The average Bonchev–Trinajstić information content (AvgIpc) is 3.85. The molecule has 0 amide bonds. The Kier molecular flexibility index (Phi) is 10.4. The molecule has 3 heterocycles. The van der Waals surface area contributed by atoms with Gasteiger partial charge in [0.2, 0.25) is 0 Å². The molecule has 11 unspecified atom stereocenters. The lowest BCUT2D eigenvalue weighted by Crippen LogP contribution is -2.54. The van der Waals surface area contributed by atoms with E-state index in [0.29, 0.717) is 64.0 Å². The number of hydrogen-bond donors (Lipinski definition) is 2. The van der Waals surface area contributed by atoms with Crippen LogP contribution in [0.15, 0.2) is 22.4 Å². The molecule has 6 nitrogen and oxygen atoms in total. The van der Waals surface area contributed by atoms with Gasteiger partial charge in [-0.05, 0) is 109 Å². The van der Waals surface area contributed by atoms with Crippen LogP contribution in [0.2, 0.25) is 0 Å². The molecule has 4 aliphatic carbocycles. The number of H-pyrrole nitrogens is 1. The number of nitrogens with zero attached hydrogens (tertiary/aromatic N) is 4. The van der Waals surface area contributed by atoms with Crippen molar-refractivity contribution in [2.75, 3.05) is 39.8 Å². The zero-order chi connectivity index (χ0) is 34.8. The van der Waals surface area contributed by atoms with Crippen molar-refractivity contribution >= 4 is 28.3 Å². The third-order valence-corrected chi connectivity index (χ3v) is 17.1. The predicted octanol–water partition coefficient (Wildman–Crippen LogP) is 8.35. The Morgan fingerprint density at radius 2 is 1.76 bits per heavy atom. The minimum Gasteiger partial charge on any atom is -0.313 e. The molecule has 6 aliphatic rings. The second kappa shape index (κ2) is 14.0. The fourth-order valence-corrected chi connectivity index (χ4v) is 14.7. The molecule has 1 aromatic rings. The van der Waals surface area contributed by atoms with Crippen molar-refractivity contribution in [1.29, 1.82) is 0 Å². The first-order chi connectivity index (χ1) is 23.3. The van der Waals surface area contributed by atoms with E-state index in [1.165, 1.54) is 63.4 Å². The van der Waals surface area contributed by atoms with Gasteiger partial charge in [0.05, 0.1) is 6.20 Å². The SMILES string of the molecule is CN/N=C(\C1=C(C)CN(CC2CCCC2C2C3C(I)C(CN4CCc5[nH]ncc5C4)C2C(C)[C@@](C)(C2CCC(C)C2)C3C)CC1)C(F)(F)F. The quantitative estimate of drug-likeness (QED) is 0.120. The van der Waals surface area contributed by atoms with E-state index in [0.717, 1.165) is 61.2 Å². The van der Waals surface area contributed by atoms with E-state index in [9.17, 15) is 13.2 Å². The van der Waals surface area contributed by atoms with Crippen LogP contribution in [0, 0.1) is 64.6 Å². The van der Waals surface area contributed by atoms with Crippen molar-refractivity contribution < 1.29 is 13.2 Å². The lowest BCUT2D eigenvalue weighted by molar-refractivity contribution is -0.100. The zero-order valence-corrected chi connectivity index (χ0v) is 32.8. The second-order valence-corrected chi connectivity index (χ2v) is 19.0. The van der Waals surface area contributed by atoms with Gasteiger partial charge in [-0.15, -0.1) is 0 Å². The maximum absolute atomic E-state index is 13.9. The molecule has 4 fully saturated rings. The third kappa shape index (κ3) is 6.46. The Bertz CT molecular complexity index is 1410. The summed E-state index contributed by atoms with van der Waals surface area (Å²) >= 11 is 2.93. The molecule has 2 N–H and O–H groups in total. The van der Waals surface area contributed by atoms with Gasteiger partial charge >= 0.3 is 6.18 Å². The Morgan fingerprint density at radius 3 is 2.45 bits per heavy atom. The van der Waals surface area contributed by atoms with Gasteiger partial charge in [-0.1, -0.05) is 68.7 Å². The molecule has 274 valence electrons. The number of aromatic amines is 1. The maximum atomic E-state index is 13.9. The minimum absolute atomic E-state index is 0.374. The molecule has 1 aromatic heterocycles. The van der Waals surface area contributed by atoms with Gasteiger partial charge in [0, 0.05) is 67.9 Å². The minimum atomic E-state index is -4.45.